The molecular formula is C16H19ClN2O2. The van der Waals surface area contributed by atoms with Crippen LogP contribution in [-0.4, -0.2) is 43.7 Å². The van der Waals surface area contributed by atoms with Crippen LogP contribution < -0.4 is 5.32 Å². The molecule has 5 heteroatoms. The summed E-state index contributed by atoms with van der Waals surface area (Å²) < 4.78 is 4.73. The summed E-state index contributed by atoms with van der Waals surface area (Å²) >= 11 is 6.01. The number of methoxy groups -OCH3 is 1. The number of halogens is 1. The number of carbonyl (C=O) groups is 1. The number of terminal acetylenes is 1. The largest absolute Gasteiger partial charge is 0.465 e. The first-order chi connectivity index (χ1) is 10.1. The first-order valence-electron chi connectivity index (χ1n) is 6.94. The minimum absolute atomic E-state index is 0.380. The summed E-state index contributed by atoms with van der Waals surface area (Å²) in [7, 11) is 1.35. The van der Waals surface area contributed by atoms with Gasteiger partial charge in [-0.2, -0.15) is 0 Å². The Morgan fingerprint density at radius 1 is 1.52 bits per heavy atom. The highest BCUT2D eigenvalue weighted by Crippen LogP contribution is 2.23. The first kappa shape index (κ1) is 15.7. The number of benzene rings is 1. The molecule has 1 heterocycles. The lowest BCUT2D eigenvalue weighted by Crippen LogP contribution is -2.39. The van der Waals surface area contributed by atoms with Crippen molar-refractivity contribution in [3.05, 3.63) is 28.8 Å². The van der Waals surface area contributed by atoms with Crippen molar-refractivity contribution in [3.8, 4) is 12.3 Å². The Balaban J connectivity index is 1.98. The molecule has 1 aliphatic heterocycles. The number of hydrogen-bond acceptors (Lipinski definition) is 4. The van der Waals surface area contributed by atoms with Gasteiger partial charge in [0.15, 0.2) is 0 Å². The molecule has 1 aromatic carbocycles. The molecule has 2 rings (SSSR count). The van der Waals surface area contributed by atoms with Crippen LogP contribution in [0.5, 0.6) is 0 Å². The van der Waals surface area contributed by atoms with Gasteiger partial charge in [0.2, 0.25) is 0 Å². The van der Waals surface area contributed by atoms with E-state index in [2.05, 4.69) is 16.1 Å². The smallest absolute Gasteiger partial charge is 0.339 e. The maximum Gasteiger partial charge on any atom is 0.339 e. The Bertz CT molecular complexity index is 546. The van der Waals surface area contributed by atoms with E-state index in [0.717, 1.165) is 31.6 Å². The fourth-order valence-electron chi connectivity index (χ4n) is 2.48. The molecule has 0 saturated carbocycles. The van der Waals surface area contributed by atoms with Crippen LogP contribution in [0.3, 0.4) is 0 Å². The van der Waals surface area contributed by atoms with Crippen LogP contribution in [0.25, 0.3) is 0 Å². The standard InChI is InChI=1S/C16H19ClN2O2/c1-3-8-19-9-6-12(7-10-19)18-13-4-5-15(17)14(11-13)16(20)21-2/h1,4-5,11-12,18H,6-10H2,2H3. The van der Waals surface area contributed by atoms with Crippen molar-refractivity contribution >= 4 is 23.3 Å². The van der Waals surface area contributed by atoms with Crippen LogP contribution in [-0.2, 0) is 4.74 Å². The highest BCUT2D eigenvalue weighted by molar-refractivity contribution is 6.33. The zero-order valence-electron chi connectivity index (χ0n) is 12.1. The van der Waals surface area contributed by atoms with Gasteiger partial charge in [0.25, 0.3) is 0 Å². The summed E-state index contributed by atoms with van der Waals surface area (Å²) in [5.74, 6) is 2.25. The molecular weight excluding hydrogens is 288 g/mol. The Kier molecular flexibility index (Phi) is 5.49. The number of hydrogen-bond donors (Lipinski definition) is 1. The van der Waals surface area contributed by atoms with E-state index in [4.69, 9.17) is 22.8 Å². The average Bonchev–Trinajstić information content (AvgIpc) is 2.50. The fourth-order valence-corrected chi connectivity index (χ4v) is 2.68. The van der Waals surface area contributed by atoms with Gasteiger partial charge >= 0.3 is 5.97 Å². The molecule has 1 aliphatic rings. The van der Waals surface area contributed by atoms with E-state index in [9.17, 15) is 4.79 Å². The Hall–Kier alpha value is -1.70. The summed E-state index contributed by atoms with van der Waals surface area (Å²) in [6, 6.07) is 5.71. The van der Waals surface area contributed by atoms with E-state index < -0.39 is 5.97 Å². The molecule has 0 atom stereocenters. The molecule has 1 N–H and O–H groups in total. The molecule has 0 radical (unpaired) electrons. The summed E-state index contributed by atoms with van der Waals surface area (Å²) in [6.07, 6.45) is 7.38. The lowest BCUT2D eigenvalue weighted by molar-refractivity contribution is 0.0601. The second-order valence-corrected chi connectivity index (χ2v) is 5.49. The van der Waals surface area contributed by atoms with E-state index in [-0.39, 0.29) is 0 Å². The van der Waals surface area contributed by atoms with E-state index in [1.165, 1.54) is 7.11 Å². The van der Waals surface area contributed by atoms with Crippen LogP contribution in [0.4, 0.5) is 5.69 Å². The number of nitrogens with zero attached hydrogens (tertiary/aromatic N) is 1. The molecule has 1 fully saturated rings. The van der Waals surface area contributed by atoms with Gasteiger partial charge in [-0.25, -0.2) is 4.79 Å². The molecule has 21 heavy (non-hydrogen) atoms. The number of piperidine rings is 1. The fraction of sp³-hybridized carbons (Fsp3) is 0.438. The first-order valence-corrected chi connectivity index (χ1v) is 7.32. The zero-order chi connectivity index (χ0) is 15.2. The second kappa shape index (κ2) is 7.35. The van der Waals surface area contributed by atoms with E-state index in [1.807, 2.05) is 6.07 Å². The lowest BCUT2D eigenvalue weighted by atomic mass is 10.0. The van der Waals surface area contributed by atoms with E-state index in [1.54, 1.807) is 12.1 Å². The number of ether oxygens (including phenoxy) is 1. The van der Waals surface area contributed by atoms with Crippen molar-refractivity contribution in [2.75, 3.05) is 32.1 Å². The summed E-state index contributed by atoms with van der Waals surface area (Å²) in [5, 5.41) is 3.84. The van der Waals surface area contributed by atoms with Crippen molar-refractivity contribution in [1.82, 2.24) is 4.90 Å². The van der Waals surface area contributed by atoms with Crippen LogP contribution >= 0.6 is 11.6 Å². The van der Waals surface area contributed by atoms with Crippen LogP contribution in [0.15, 0.2) is 18.2 Å². The highest BCUT2D eigenvalue weighted by Gasteiger charge is 2.19. The molecule has 0 spiro atoms. The number of nitrogens with one attached hydrogen (secondary N) is 1. The molecule has 4 nitrogen and oxygen atoms in total. The Morgan fingerprint density at radius 2 is 2.24 bits per heavy atom. The Labute approximate surface area is 130 Å². The third-order valence-corrected chi connectivity index (χ3v) is 3.97. The van der Waals surface area contributed by atoms with Gasteiger partial charge in [0, 0.05) is 24.8 Å². The third kappa shape index (κ3) is 4.13. The summed E-state index contributed by atoms with van der Waals surface area (Å²) in [5.41, 5.74) is 1.27. The maximum absolute atomic E-state index is 11.6. The second-order valence-electron chi connectivity index (χ2n) is 5.09. The number of carbonyl (C=O) groups excluding carboxylic acids is 1. The molecule has 0 aromatic heterocycles. The van der Waals surface area contributed by atoms with Crippen LogP contribution in [0.2, 0.25) is 5.02 Å². The van der Waals surface area contributed by atoms with Crippen LogP contribution in [0.1, 0.15) is 23.2 Å². The predicted molar refractivity (Wildman–Crippen MR) is 84.7 cm³/mol. The van der Waals surface area contributed by atoms with E-state index >= 15 is 0 Å². The van der Waals surface area contributed by atoms with Gasteiger partial charge in [-0.1, -0.05) is 17.5 Å². The monoisotopic (exact) mass is 306 g/mol. The molecule has 1 saturated heterocycles. The lowest BCUT2D eigenvalue weighted by Gasteiger charge is -2.31. The van der Waals surface area contributed by atoms with Gasteiger partial charge < -0.3 is 10.1 Å². The summed E-state index contributed by atoms with van der Waals surface area (Å²) in [6.45, 7) is 2.68. The van der Waals surface area contributed by atoms with E-state index in [0.29, 0.717) is 23.2 Å². The van der Waals surface area contributed by atoms with Gasteiger partial charge in [-0.05, 0) is 31.0 Å². The van der Waals surface area contributed by atoms with Gasteiger partial charge in [-0.15, -0.1) is 6.42 Å². The topological polar surface area (TPSA) is 41.6 Å². The van der Waals surface area contributed by atoms with Crippen molar-refractivity contribution < 1.29 is 9.53 Å². The minimum atomic E-state index is -0.424. The molecule has 112 valence electrons. The van der Waals surface area contributed by atoms with Crippen molar-refractivity contribution in [3.63, 3.8) is 0 Å². The molecule has 1 aromatic rings. The van der Waals surface area contributed by atoms with Gasteiger partial charge in [0.05, 0.1) is 24.2 Å². The number of esters is 1. The number of rotatable bonds is 4. The van der Waals surface area contributed by atoms with Crippen molar-refractivity contribution in [2.45, 2.75) is 18.9 Å². The van der Waals surface area contributed by atoms with Gasteiger partial charge in [0.1, 0.15) is 0 Å². The van der Waals surface area contributed by atoms with Crippen molar-refractivity contribution in [1.29, 1.82) is 0 Å². The maximum atomic E-state index is 11.6. The minimum Gasteiger partial charge on any atom is -0.465 e. The summed E-state index contributed by atoms with van der Waals surface area (Å²) in [4.78, 5) is 13.9. The Morgan fingerprint density at radius 3 is 2.86 bits per heavy atom. The van der Waals surface area contributed by atoms with Crippen LogP contribution in [0, 0.1) is 12.3 Å². The molecule has 0 aliphatic carbocycles. The average molecular weight is 307 g/mol. The molecule has 0 unspecified atom stereocenters. The van der Waals surface area contributed by atoms with Gasteiger partial charge in [-0.3, -0.25) is 4.90 Å². The third-order valence-electron chi connectivity index (χ3n) is 3.64. The quantitative estimate of drug-likeness (QED) is 0.686. The van der Waals surface area contributed by atoms with Crippen molar-refractivity contribution in [2.24, 2.45) is 0 Å². The number of likely N-dealkylation sites (tertiary alicyclic amines) is 1. The SMILES string of the molecule is C#CCN1CCC(Nc2ccc(Cl)c(C(=O)OC)c2)CC1. The molecule has 0 bridgehead atoms. The number of anilines is 1. The predicted octanol–water partition coefficient (Wildman–Crippen LogP) is 2.64. The highest BCUT2D eigenvalue weighted by atomic mass is 35.5. The molecule has 0 amide bonds. The normalized spacial score (nSPS) is 16.2. The zero-order valence-corrected chi connectivity index (χ0v) is 12.8.